The molecule has 162 valence electrons. The lowest BCUT2D eigenvalue weighted by Crippen LogP contribution is -2.28. The Kier molecular flexibility index (Phi) is 6.69. The molecule has 3 aromatic rings. The van der Waals surface area contributed by atoms with E-state index in [-0.39, 0.29) is 23.7 Å². The summed E-state index contributed by atoms with van der Waals surface area (Å²) in [4.78, 5) is 33.6. The predicted molar refractivity (Wildman–Crippen MR) is 123 cm³/mol. The Balaban J connectivity index is 1.86. The van der Waals surface area contributed by atoms with Gasteiger partial charge >= 0.3 is 0 Å². The molecular formula is C23H28N6O2. The van der Waals surface area contributed by atoms with Gasteiger partial charge in [-0.15, -0.1) is 0 Å². The minimum atomic E-state index is -0.318. The molecule has 0 radical (unpaired) electrons. The zero-order valence-corrected chi connectivity index (χ0v) is 18.3. The van der Waals surface area contributed by atoms with Crippen molar-refractivity contribution in [1.29, 1.82) is 0 Å². The molecule has 2 heterocycles. The van der Waals surface area contributed by atoms with E-state index < -0.39 is 0 Å². The lowest BCUT2D eigenvalue weighted by Gasteiger charge is -2.15. The van der Waals surface area contributed by atoms with E-state index >= 15 is 0 Å². The van der Waals surface area contributed by atoms with Gasteiger partial charge in [0.15, 0.2) is 11.6 Å². The van der Waals surface area contributed by atoms with Gasteiger partial charge in [-0.1, -0.05) is 29.8 Å². The maximum absolute atomic E-state index is 13.1. The molecule has 0 unspecified atom stereocenters. The van der Waals surface area contributed by atoms with Crippen molar-refractivity contribution in [2.75, 3.05) is 24.6 Å². The highest BCUT2D eigenvalue weighted by Gasteiger charge is 2.16. The first-order valence-corrected chi connectivity index (χ1v) is 10.1. The number of anilines is 2. The predicted octanol–water partition coefficient (Wildman–Crippen LogP) is 2.08. The van der Waals surface area contributed by atoms with Crippen molar-refractivity contribution >= 4 is 17.4 Å². The van der Waals surface area contributed by atoms with E-state index in [1.807, 2.05) is 6.92 Å². The maximum atomic E-state index is 13.1. The second kappa shape index (κ2) is 9.42. The molecule has 0 aliphatic heterocycles. The summed E-state index contributed by atoms with van der Waals surface area (Å²) in [5.74, 6) is 0.449. The number of nitrogen functional groups attached to an aromatic ring is 1. The van der Waals surface area contributed by atoms with E-state index in [0.717, 1.165) is 12.0 Å². The van der Waals surface area contributed by atoms with Crippen LogP contribution in [0.25, 0.3) is 5.82 Å². The van der Waals surface area contributed by atoms with Crippen molar-refractivity contribution in [3.05, 3.63) is 75.0 Å². The summed E-state index contributed by atoms with van der Waals surface area (Å²) >= 11 is 0. The molecule has 8 heteroatoms. The third-order valence-electron chi connectivity index (χ3n) is 5.13. The molecule has 0 spiro atoms. The Morgan fingerprint density at radius 2 is 1.87 bits per heavy atom. The molecular weight excluding hydrogens is 392 g/mol. The van der Waals surface area contributed by atoms with Crippen LogP contribution in [0.3, 0.4) is 0 Å². The third kappa shape index (κ3) is 5.09. The van der Waals surface area contributed by atoms with Crippen molar-refractivity contribution in [3.63, 3.8) is 0 Å². The molecule has 8 nitrogen and oxygen atoms in total. The van der Waals surface area contributed by atoms with Gasteiger partial charge in [0.25, 0.3) is 5.56 Å². The van der Waals surface area contributed by atoms with Crippen LogP contribution in [-0.2, 0) is 17.6 Å². The monoisotopic (exact) mass is 420 g/mol. The zero-order chi connectivity index (χ0) is 22.5. The Bertz CT molecular complexity index is 1150. The Labute approximate surface area is 181 Å². The summed E-state index contributed by atoms with van der Waals surface area (Å²) in [6.45, 7) is 6.19. The van der Waals surface area contributed by atoms with E-state index in [2.05, 4.69) is 44.9 Å². The number of pyridine rings is 1. The van der Waals surface area contributed by atoms with Gasteiger partial charge in [-0.05, 0) is 44.4 Å². The molecule has 1 aromatic carbocycles. The molecule has 0 saturated heterocycles. The van der Waals surface area contributed by atoms with Gasteiger partial charge in [-0.2, -0.15) is 0 Å². The van der Waals surface area contributed by atoms with Crippen LogP contribution in [0.1, 0.15) is 28.1 Å². The van der Waals surface area contributed by atoms with Crippen LogP contribution in [0.2, 0.25) is 0 Å². The van der Waals surface area contributed by atoms with E-state index in [4.69, 9.17) is 5.73 Å². The largest absolute Gasteiger partial charge is 0.396 e. The summed E-state index contributed by atoms with van der Waals surface area (Å²) in [5.41, 5.74) is 10.6. The molecule has 4 N–H and O–H groups in total. The summed E-state index contributed by atoms with van der Waals surface area (Å²) in [6, 6.07) is 9.98. The Morgan fingerprint density at radius 1 is 1.16 bits per heavy atom. The second-order valence-corrected chi connectivity index (χ2v) is 7.55. The van der Waals surface area contributed by atoms with Crippen molar-refractivity contribution in [1.82, 2.24) is 19.9 Å². The number of carbonyl (C=O) groups excluding carboxylic acids is 1. The van der Waals surface area contributed by atoms with Gasteiger partial charge in [0, 0.05) is 31.2 Å². The number of hydrogen-bond donors (Lipinski definition) is 3. The van der Waals surface area contributed by atoms with Crippen molar-refractivity contribution in [2.45, 2.75) is 33.6 Å². The topological polar surface area (TPSA) is 115 Å². The van der Waals surface area contributed by atoms with E-state index in [1.54, 1.807) is 33.2 Å². The molecule has 1 amide bonds. The van der Waals surface area contributed by atoms with Crippen LogP contribution < -0.4 is 21.9 Å². The number of nitrogens with two attached hydrogens (primary N) is 1. The van der Waals surface area contributed by atoms with Crippen molar-refractivity contribution < 1.29 is 4.79 Å². The molecule has 0 fully saturated rings. The number of rotatable bonds is 7. The van der Waals surface area contributed by atoms with Gasteiger partial charge < -0.3 is 16.4 Å². The molecule has 0 aliphatic rings. The number of nitrogens with zero attached hydrogens (tertiary/aromatic N) is 3. The maximum Gasteiger partial charge on any atom is 0.299 e. The number of amides is 1. The van der Waals surface area contributed by atoms with Gasteiger partial charge in [0.1, 0.15) is 0 Å². The third-order valence-corrected chi connectivity index (χ3v) is 5.13. The number of hydrogen-bond acceptors (Lipinski definition) is 6. The molecule has 0 aliphatic carbocycles. The molecule has 31 heavy (non-hydrogen) atoms. The molecule has 3 rings (SSSR count). The zero-order valence-electron chi connectivity index (χ0n) is 18.3. The average Bonchev–Trinajstić information content (AvgIpc) is 2.74. The number of carbonyl (C=O) groups is 1. The minimum Gasteiger partial charge on any atom is -0.396 e. The van der Waals surface area contributed by atoms with E-state index in [1.165, 1.54) is 15.7 Å². The SMILES string of the molecule is CNC(=O)Cc1cc(N)c(-n2c(C)cnc(NCCc3ccc(C)cc3)c2=O)nc1C. The highest BCUT2D eigenvalue weighted by Crippen LogP contribution is 2.20. The fourth-order valence-electron chi connectivity index (χ4n) is 3.27. The fraction of sp³-hybridized carbons (Fsp3) is 0.304. The second-order valence-electron chi connectivity index (χ2n) is 7.55. The van der Waals surface area contributed by atoms with Crippen LogP contribution in [0.5, 0.6) is 0 Å². The van der Waals surface area contributed by atoms with E-state index in [0.29, 0.717) is 29.4 Å². The lowest BCUT2D eigenvalue weighted by atomic mass is 10.1. The van der Waals surface area contributed by atoms with Crippen LogP contribution >= 0.6 is 0 Å². The first kappa shape index (κ1) is 22.0. The Morgan fingerprint density at radius 3 is 2.55 bits per heavy atom. The smallest absolute Gasteiger partial charge is 0.299 e. The number of likely N-dealkylation sites (N-methyl/N-ethyl adjacent to an activating group) is 1. The Hall–Kier alpha value is -3.68. The van der Waals surface area contributed by atoms with Crippen LogP contribution in [0, 0.1) is 20.8 Å². The molecule has 0 atom stereocenters. The highest BCUT2D eigenvalue weighted by molar-refractivity contribution is 5.79. The van der Waals surface area contributed by atoms with Crippen LogP contribution in [-0.4, -0.2) is 34.0 Å². The minimum absolute atomic E-state index is 0.130. The first-order chi connectivity index (χ1) is 14.8. The number of aromatic nitrogens is 3. The number of benzene rings is 1. The summed E-state index contributed by atoms with van der Waals surface area (Å²) in [5, 5.41) is 5.71. The number of aryl methyl sites for hydroxylation is 3. The molecule has 2 aromatic heterocycles. The summed E-state index contributed by atoms with van der Waals surface area (Å²) in [7, 11) is 1.58. The van der Waals surface area contributed by atoms with E-state index in [9.17, 15) is 9.59 Å². The van der Waals surface area contributed by atoms with Gasteiger partial charge in [-0.25, -0.2) is 9.97 Å². The van der Waals surface area contributed by atoms with Crippen LogP contribution in [0.4, 0.5) is 11.5 Å². The van der Waals surface area contributed by atoms with Gasteiger partial charge in [0.05, 0.1) is 12.1 Å². The summed E-state index contributed by atoms with van der Waals surface area (Å²) in [6.07, 6.45) is 2.56. The fourth-order valence-corrected chi connectivity index (χ4v) is 3.27. The van der Waals surface area contributed by atoms with Gasteiger partial charge in [-0.3, -0.25) is 14.2 Å². The molecule has 0 saturated carbocycles. The standard InChI is InChI=1S/C23H28N6O2/c1-14-5-7-17(8-6-14)9-10-26-21-23(31)29(15(2)13-27-21)22-19(24)11-18(16(3)28-22)12-20(30)25-4/h5-8,11,13H,9-10,12,24H2,1-4H3,(H,25,30)(H,26,27). The quantitative estimate of drug-likeness (QED) is 0.539. The number of nitrogens with one attached hydrogen (secondary N) is 2. The first-order valence-electron chi connectivity index (χ1n) is 10.1. The normalized spacial score (nSPS) is 10.7. The molecule has 0 bridgehead atoms. The van der Waals surface area contributed by atoms with Crippen molar-refractivity contribution in [3.8, 4) is 5.82 Å². The highest BCUT2D eigenvalue weighted by atomic mass is 16.1. The van der Waals surface area contributed by atoms with Crippen molar-refractivity contribution in [2.24, 2.45) is 0 Å². The lowest BCUT2D eigenvalue weighted by molar-refractivity contribution is -0.119. The van der Waals surface area contributed by atoms with Gasteiger partial charge in [0.2, 0.25) is 5.91 Å². The van der Waals surface area contributed by atoms with Crippen LogP contribution in [0.15, 0.2) is 41.3 Å². The summed E-state index contributed by atoms with van der Waals surface area (Å²) < 4.78 is 1.45. The average molecular weight is 421 g/mol.